The number of halogens is 1. The normalized spacial score (nSPS) is 10.4. The van der Waals surface area contributed by atoms with Crippen LogP contribution in [-0.4, -0.2) is 21.3 Å². The molecule has 2 aromatic rings. The molecule has 0 saturated heterocycles. The van der Waals surface area contributed by atoms with E-state index in [9.17, 15) is 4.79 Å². The Hall–Kier alpha value is -1.40. The van der Waals surface area contributed by atoms with Crippen molar-refractivity contribution in [2.24, 2.45) is 0 Å². The molecule has 0 aliphatic carbocycles. The van der Waals surface area contributed by atoms with Crippen molar-refractivity contribution in [2.75, 3.05) is 6.61 Å². The van der Waals surface area contributed by atoms with Gasteiger partial charge in [0.2, 0.25) is 5.22 Å². The molecule has 0 amide bonds. The molecule has 0 saturated carbocycles. The molecule has 0 N–H and O–H groups in total. The van der Waals surface area contributed by atoms with E-state index in [1.165, 1.54) is 6.26 Å². The summed E-state index contributed by atoms with van der Waals surface area (Å²) >= 11 is 6.73. The van der Waals surface area contributed by atoms with Crippen molar-refractivity contribution in [1.82, 2.24) is 8.75 Å². The molecular formula is C9H7ClN2O3S. The third-order valence-electron chi connectivity index (χ3n) is 1.83. The number of hydrogen-bond acceptors (Lipinski definition) is 6. The van der Waals surface area contributed by atoms with E-state index < -0.39 is 5.97 Å². The number of esters is 1. The Morgan fingerprint density at radius 3 is 3.06 bits per heavy atom. The van der Waals surface area contributed by atoms with Gasteiger partial charge in [-0.1, -0.05) is 0 Å². The molecule has 0 fully saturated rings. The predicted octanol–water partition coefficient (Wildman–Crippen LogP) is 2.63. The van der Waals surface area contributed by atoms with E-state index in [4.69, 9.17) is 20.8 Å². The summed E-state index contributed by atoms with van der Waals surface area (Å²) in [6, 6.07) is 1.63. The van der Waals surface area contributed by atoms with E-state index in [0.29, 0.717) is 11.3 Å². The molecule has 84 valence electrons. The summed E-state index contributed by atoms with van der Waals surface area (Å²) in [5, 5.41) is 0.179. The van der Waals surface area contributed by atoms with Gasteiger partial charge in [-0.2, -0.15) is 8.75 Å². The Morgan fingerprint density at radius 1 is 1.62 bits per heavy atom. The summed E-state index contributed by atoms with van der Waals surface area (Å²) in [5.74, 6) is -0.511. The van der Waals surface area contributed by atoms with Gasteiger partial charge in [0.15, 0.2) is 5.69 Å². The highest BCUT2D eigenvalue weighted by atomic mass is 35.5. The molecule has 2 aromatic heterocycles. The van der Waals surface area contributed by atoms with E-state index in [0.717, 1.165) is 11.7 Å². The van der Waals surface area contributed by atoms with Crippen LogP contribution in [0.5, 0.6) is 0 Å². The van der Waals surface area contributed by atoms with Crippen LogP contribution < -0.4 is 0 Å². The Kier molecular flexibility index (Phi) is 3.21. The van der Waals surface area contributed by atoms with Crippen molar-refractivity contribution in [3.63, 3.8) is 0 Å². The number of rotatable bonds is 3. The zero-order valence-corrected chi connectivity index (χ0v) is 9.84. The van der Waals surface area contributed by atoms with E-state index >= 15 is 0 Å². The molecule has 0 aromatic carbocycles. The second-order valence-corrected chi connectivity index (χ2v) is 3.66. The first-order valence-electron chi connectivity index (χ1n) is 4.47. The first-order valence-corrected chi connectivity index (χ1v) is 5.58. The molecule has 0 radical (unpaired) electrons. The molecule has 2 heterocycles. The van der Waals surface area contributed by atoms with Gasteiger partial charge in [0.1, 0.15) is 5.69 Å². The lowest BCUT2D eigenvalue weighted by Gasteiger charge is -1.99. The summed E-state index contributed by atoms with van der Waals surface area (Å²) in [6.45, 7) is 2.01. The van der Waals surface area contributed by atoms with Crippen LogP contribution in [0.1, 0.15) is 17.4 Å². The smallest absolute Gasteiger partial charge is 0.360 e. The second-order valence-electron chi connectivity index (χ2n) is 2.79. The number of carbonyl (C=O) groups excluding carboxylic acids is 1. The molecule has 0 unspecified atom stereocenters. The minimum Gasteiger partial charge on any atom is -0.461 e. The largest absolute Gasteiger partial charge is 0.461 e. The molecule has 16 heavy (non-hydrogen) atoms. The lowest BCUT2D eigenvalue weighted by Crippen LogP contribution is -2.06. The summed E-state index contributed by atoms with van der Waals surface area (Å²) in [5.41, 5.74) is 1.09. The van der Waals surface area contributed by atoms with Crippen molar-refractivity contribution in [2.45, 2.75) is 6.92 Å². The molecule has 0 aliphatic rings. The number of carbonyl (C=O) groups is 1. The first kappa shape index (κ1) is 11.1. The molecule has 2 rings (SSSR count). The number of ether oxygens (including phenoxy) is 1. The number of hydrogen-bond donors (Lipinski definition) is 0. The molecule has 5 nitrogen and oxygen atoms in total. The van der Waals surface area contributed by atoms with E-state index in [-0.39, 0.29) is 17.5 Å². The molecule has 0 atom stereocenters. The molecule has 0 bridgehead atoms. The number of nitrogens with zero attached hydrogens (tertiary/aromatic N) is 2. The van der Waals surface area contributed by atoms with Crippen LogP contribution in [0.4, 0.5) is 0 Å². The highest BCUT2D eigenvalue weighted by molar-refractivity contribution is 6.99. The maximum Gasteiger partial charge on any atom is 0.360 e. The SMILES string of the molecule is CCOC(=O)c1nsnc1-c1ccoc1Cl. The van der Waals surface area contributed by atoms with Gasteiger partial charge in [-0.25, -0.2) is 4.79 Å². The third-order valence-corrected chi connectivity index (χ3v) is 2.65. The van der Waals surface area contributed by atoms with Gasteiger partial charge >= 0.3 is 5.97 Å². The summed E-state index contributed by atoms with van der Waals surface area (Å²) < 4.78 is 17.7. The topological polar surface area (TPSA) is 65.2 Å². The lowest BCUT2D eigenvalue weighted by molar-refractivity contribution is 0.0521. The molecular weight excluding hydrogens is 252 g/mol. The van der Waals surface area contributed by atoms with Gasteiger partial charge in [-0.05, 0) is 24.6 Å². The van der Waals surface area contributed by atoms with Gasteiger partial charge in [-0.3, -0.25) is 0 Å². The van der Waals surface area contributed by atoms with E-state index in [1.54, 1.807) is 13.0 Å². The monoisotopic (exact) mass is 258 g/mol. The Bertz CT molecular complexity index is 508. The minimum atomic E-state index is -0.511. The fourth-order valence-corrected chi connectivity index (χ4v) is 1.92. The number of aromatic nitrogens is 2. The molecule has 0 spiro atoms. The van der Waals surface area contributed by atoms with Crippen molar-refractivity contribution in [3.8, 4) is 11.3 Å². The maximum absolute atomic E-state index is 11.5. The maximum atomic E-state index is 11.5. The lowest BCUT2D eigenvalue weighted by atomic mass is 10.2. The average Bonchev–Trinajstić information content (AvgIpc) is 2.85. The average molecular weight is 259 g/mol. The fourth-order valence-electron chi connectivity index (χ4n) is 1.16. The second kappa shape index (κ2) is 4.63. The van der Waals surface area contributed by atoms with Crippen LogP contribution in [0.25, 0.3) is 11.3 Å². The highest BCUT2D eigenvalue weighted by Gasteiger charge is 2.21. The van der Waals surface area contributed by atoms with Crippen molar-refractivity contribution < 1.29 is 13.9 Å². The van der Waals surface area contributed by atoms with Crippen LogP contribution in [0.2, 0.25) is 5.22 Å². The Balaban J connectivity index is 2.40. The third kappa shape index (κ3) is 1.94. The van der Waals surface area contributed by atoms with Crippen molar-refractivity contribution >= 4 is 29.3 Å². The van der Waals surface area contributed by atoms with Crippen LogP contribution in [-0.2, 0) is 4.74 Å². The minimum absolute atomic E-state index is 0.162. The Morgan fingerprint density at radius 2 is 2.44 bits per heavy atom. The summed E-state index contributed by atoms with van der Waals surface area (Å²) in [4.78, 5) is 11.5. The summed E-state index contributed by atoms with van der Waals surface area (Å²) in [6.07, 6.45) is 1.42. The number of furan rings is 1. The van der Waals surface area contributed by atoms with Gasteiger partial charge in [0, 0.05) is 0 Å². The quantitative estimate of drug-likeness (QED) is 0.792. The van der Waals surface area contributed by atoms with Crippen molar-refractivity contribution in [1.29, 1.82) is 0 Å². The highest BCUT2D eigenvalue weighted by Crippen LogP contribution is 2.30. The van der Waals surface area contributed by atoms with Gasteiger partial charge in [-0.15, -0.1) is 0 Å². The van der Waals surface area contributed by atoms with Crippen LogP contribution >= 0.6 is 23.3 Å². The standard InChI is InChI=1S/C9H7ClN2O3S/c1-2-14-9(13)7-6(11-16-12-7)5-3-4-15-8(5)10/h3-4H,2H2,1H3. The van der Waals surface area contributed by atoms with Crippen LogP contribution in [0.15, 0.2) is 16.7 Å². The van der Waals surface area contributed by atoms with Gasteiger partial charge in [0.25, 0.3) is 0 Å². The first-order chi connectivity index (χ1) is 7.74. The van der Waals surface area contributed by atoms with Crippen molar-refractivity contribution in [3.05, 3.63) is 23.2 Å². The van der Waals surface area contributed by atoms with Gasteiger partial charge < -0.3 is 9.15 Å². The van der Waals surface area contributed by atoms with E-state index in [2.05, 4.69) is 8.75 Å². The molecule has 7 heteroatoms. The zero-order valence-electron chi connectivity index (χ0n) is 8.27. The van der Waals surface area contributed by atoms with Gasteiger partial charge in [0.05, 0.1) is 30.2 Å². The fraction of sp³-hybridized carbons (Fsp3) is 0.222. The molecule has 0 aliphatic heterocycles. The predicted molar refractivity (Wildman–Crippen MR) is 58.6 cm³/mol. The Labute approximate surface area is 100 Å². The van der Waals surface area contributed by atoms with Crippen LogP contribution in [0.3, 0.4) is 0 Å². The van der Waals surface area contributed by atoms with E-state index in [1.807, 2.05) is 0 Å². The summed E-state index contributed by atoms with van der Waals surface area (Å²) in [7, 11) is 0. The zero-order chi connectivity index (χ0) is 11.5. The van der Waals surface area contributed by atoms with Crippen LogP contribution in [0, 0.1) is 0 Å².